The topological polar surface area (TPSA) is 26.0 Å². The van der Waals surface area contributed by atoms with Gasteiger partial charge in [0.2, 0.25) is 0 Å². The molecule has 0 saturated heterocycles. The van der Waals surface area contributed by atoms with E-state index in [0.717, 1.165) is 0 Å². The summed E-state index contributed by atoms with van der Waals surface area (Å²) in [5.41, 5.74) is 3.78. The summed E-state index contributed by atoms with van der Waals surface area (Å²) in [7, 11) is 0. The fourth-order valence-electron chi connectivity index (χ4n) is 2.59. The van der Waals surface area contributed by atoms with Gasteiger partial charge in [-0.3, -0.25) is 0 Å². The van der Waals surface area contributed by atoms with Gasteiger partial charge in [-0.05, 0) is 12.8 Å². The van der Waals surface area contributed by atoms with Gasteiger partial charge in [-0.1, -0.05) is 6.92 Å². The minimum Gasteiger partial charge on any atom is -0.330 e. The highest BCUT2D eigenvalue weighted by molar-refractivity contribution is 5.27. The number of rotatable bonds is 1. The summed E-state index contributed by atoms with van der Waals surface area (Å²) >= 11 is 0. The second-order valence-corrected chi connectivity index (χ2v) is 3.97. The first kappa shape index (κ1) is 6.53. The summed E-state index contributed by atoms with van der Waals surface area (Å²) in [6, 6.07) is 0. The van der Waals surface area contributed by atoms with Crippen LogP contribution < -0.4 is 5.73 Å². The lowest BCUT2D eigenvalue weighted by Gasteiger charge is -2.74. The number of alkyl halides is 2. The maximum atomic E-state index is 12.9. The lowest BCUT2D eigenvalue weighted by molar-refractivity contribution is -0.400. The summed E-state index contributed by atoms with van der Waals surface area (Å²) in [4.78, 5) is 0. The Morgan fingerprint density at radius 2 is 1.90 bits per heavy atom. The van der Waals surface area contributed by atoms with E-state index in [1.165, 1.54) is 0 Å². The zero-order chi connectivity index (χ0) is 7.62. The average Bonchev–Trinajstić information content (AvgIpc) is 1.82. The molecule has 58 valence electrons. The number of nitrogens with two attached hydrogens (primary N) is 1. The SMILES string of the molecule is CC12CC(CN)(C1)C2(F)F. The molecule has 2 bridgehead atoms. The van der Waals surface area contributed by atoms with Crippen LogP contribution in [0.4, 0.5) is 8.78 Å². The van der Waals surface area contributed by atoms with Gasteiger partial charge in [0, 0.05) is 17.4 Å². The van der Waals surface area contributed by atoms with Gasteiger partial charge in [-0.15, -0.1) is 0 Å². The molecule has 0 aromatic rings. The molecule has 0 aromatic carbocycles. The molecule has 3 aliphatic carbocycles. The Bertz CT molecular complexity index is 182. The number of hydrogen-bond acceptors (Lipinski definition) is 1. The van der Waals surface area contributed by atoms with Gasteiger partial charge in [0.15, 0.2) is 0 Å². The van der Waals surface area contributed by atoms with Crippen LogP contribution in [-0.2, 0) is 0 Å². The van der Waals surface area contributed by atoms with Crippen LogP contribution in [0.3, 0.4) is 0 Å². The predicted molar refractivity (Wildman–Crippen MR) is 33.8 cm³/mol. The average molecular weight is 147 g/mol. The smallest absolute Gasteiger partial charge is 0.260 e. The molecule has 10 heavy (non-hydrogen) atoms. The van der Waals surface area contributed by atoms with Crippen molar-refractivity contribution in [3.05, 3.63) is 0 Å². The van der Waals surface area contributed by atoms with Crippen LogP contribution in [0.25, 0.3) is 0 Å². The molecule has 0 spiro atoms. The third-order valence-electron chi connectivity index (χ3n) is 3.27. The van der Waals surface area contributed by atoms with E-state index in [4.69, 9.17) is 5.73 Å². The van der Waals surface area contributed by atoms with Gasteiger partial charge in [-0.2, -0.15) is 0 Å². The third-order valence-corrected chi connectivity index (χ3v) is 3.27. The summed E-state index contributed by atoms with van der Waals surface area (Å²) in [6.07, 6.45) is 1.26. The second kappa shape index (κ2) is 1.24. The van der Waals surface area contributed by atoms with E-state index in [9.17, 15) is 8.78 Å². The van der Waals surface area contributed by atoms with E-state index in [0.29, 0.717) is 12.8 Å². The van der Waals surface area contributed by atoms with Crippen LogP contribution in [0, 0.1) is 10.8 Å². The minimum atomic E-state index is -2.46. The molecule has 3 aliphatic rings. The molecule has 2 N–H and O–H groups in total. The largest absolute Gasteiger partial charge is 0.330 e. The van der Waals surface area contributed by atoms with Crippen molar-refractivity contribution in [2.24, 2.45) is 16.6 Å². The van der Waals surface area contributed by atoms with Gasteiger partial charge < -0.3 is 5.73 Å². The van der Waals surface area contributed by atoms with Crippen molar-refractivity contribution in [2.75, 3.05) is 6.54 Å². The van der Waals surface area contributed by atoms with Crippen molar-refractivity contribution in [3.63, 3.8) is 0 Å². The third kappa shape index (κ3) is 0.338. The Morgan fingerprint density at radius 3 is 2.00 bits per heavy atom. The quantitative estimate of drug-likeness (QED) is 0.595. The molecular formula is C7H11F2N. The Kier molecular flexibility index (Phi) is 0.812. The van der Waals surface area contributed by atoms with Gasteiger partial charge >= 0.3 is 0 Å². The van der Waals surface area contributed by atoms with Crippen molar-refractivity contribution in [1.29, 1.82) is 0 Å². The van der Waals surface area contributed by atoms with E-state index >= 15 is 0 Å². The number of hydrogen-bond donors (Lipinski definition) is 1. The zero-order valence-corrected chi connectivity index (χ0v) is 5.95. The van der Waals surface area contributed by atoms with E-state index in [1.807, 2.05) is 0 Å². The Hall–Kier alpha value is -0.180. The van der Waals surface area contributed by atoms with Gasteiger partial charge in [0.05, 0.1) is 0 Å². The summed E-state index contributed by atoms with van der Waals surface area (Å²) in [6.45, 7) is 1.79. The molecule has 3 heteroatoms. The Morgan fingerprint density at radius 1 is 1.40 bits per heavy atom. The van der Waals surface area contributed by atoms with Crippen LogP contribution in [0.15, 0.2) is 0 Å². The maximum absolute atomic E-state index is 12.9. The fourth-order valence-corrected chi connectivity index (χ4v) is 2.59. The maximum Gasteiger partial charge on any atom is 0.260 e. The first-order valence-electron chi connectivity index (χ1n) is 3.55. The standard InChI is InChI=1S/C7H11F2N/c1-5-2-6(3-5,4-10)7(5,8)9/h2-4,10H2,1H3. The molecule has 0 atom stereocenters. The highest BCUT2D eigenvalue weighted by Gasteiger charge is 2.85. The minimum absolute atomic E-state index is 0.148. The molecule has 0 unspecified atom stereocenters. The van der Waals surface area contributed by atoms with Crippen LogP contribution in [0.1, 0.15) is 19.8 Å². The molecule has 0 aliphatic heterocycles. The van der Waals surface area contributed by atoms with Crippen molar-refractivity contribution in [3.8, 4) is 0 Å². The molecule has 1 nitrogen and oxygen atoms in total. The van der Waals surface area contributed by atoms with Crippen molar-refractivity contribution in [1.82, 2.24) is 0 Å². The zero-order valence-electron chi connectivity index (χ0n) is 5.95. The molecule has 0 radical (unpaired) electrons. The highest BCUT2D eigenvalue weighted by Crippen LogP contribution is 2.80. The van der Waals surface area contributed by atoms with E-state index in [-0.39, 0.29) is 6.54 Å². The predicted octanol–water partition coefficient (Wildman–Crippen LogP) is 1.38. The van der Waals surface area contributed by atoms with E-state index in [1.54, 1.807) is 6.92 Å². The Balaban J connectivity index is 2.24. The first-order valence-corrected chi connectivity index (χ1v) is 3.55. The van der Waals surface area contributed by atoms with Crippen LogP contribution in [0.5, 0.6) is 0 Å². The van der Waals surface area contributed by atoms with Crippen molar-refractivity contribution in [2.45, 2.75) is 25.7 Å². The van der Waals surface area contributed by atoms with E-state index < -0.39 is 16.8 Å². The van der Waals surface area contributed by atoms with Gasteiger partial charge in [0.1, 0.15) is 0 Å². The number of halogens is 2. The fraction of sp³-hybridized carbons (Fsp3) is 1.00. The monoisotopic (exact) mass is 147 g/mol. The van der Waals surface area contributed by atoms with Gasteiger partial charge in [-0.25, -0.2) is 8.78 Å². The molecule has 0 amide bonds. The summed E-state index contributed by atoms with van der Waals surface area (Å²) in [5.74, 6) is -2.46. The van der Waals surface area contributed by atoms with Crippen molar-refractivity contribution < 1.29 is 8.78 Å². The highest BCUT2D eigenvalue weighted by atomic mass is 19.3. The second-order valence-electron chi connectivity index (χ2n) is 3.97. The van der Waals surface area contributed by atoms with Crippen LogP contribution >= 0.6 is 0 Å². The summed E-state index contributed by atoms with van der Waals surface area (Å²) < 4.78 is 25.9. The first-order chi connectivity index (χ1) is 4.47. The lowest BCUT2D eigenvalue weighted by atomic mass is 9.33. The Labute approximate surface area is 58.6 Å². The molecular weight excluding hydrogens is 136 g/mol. The molecule has 3 rings (SSSR count). The lowest BCUT2D eigenvalue weighted by Crippen LogP contribution is -2.79. The van der Waals surface area contributed by atoms with E-state index in [2.05, 4.69) is 0 Å². The van der Waals surface area contributed by atoms with Crippen molar-refractivity contribution >= 4 is 0 Å². The van der Waals surface area contributed by atoms with Crippen LogP contribution in [-0.4, -0.2) is 12.5 Å². The molecule has 3 fully saturated rings. The van der Waals surface area contributed by atoms with Gasteiger partial charge in [0.25, 0.3) is 5.92 Å². The summed E-state index contributed by atoms with van der Waals surface area (Å²) in [5, 5.41) is 0. The molecule has 3 saturated carbocycles. The van der Waals surface area contributed by atoms with Crippen LogP contribution in [0.2, 0.25) is 0 Å². The molecule has 0 heterocycles. The molecule has 0 aromatic heterocycles. The normalized spacial score (nSPS) is 55.2.